The van der Waals surface area contributed by atoms with Crippen molar-refractivity contribution in [1.82, 2.24) is 29.6 Å². The maximum absolute atomic E-state index is 13.0. The van der Waals surface area contributed by atoms with Crippen LogP contribution in [0, 0.1) is 13.8 Å². The molecule has 1 atom stereocenters. The van der Waals surface area contributed by atoms with E-state index in [0.717, 1.165) is 22.4 Å². The topological polar surface area (TPSA) is 108 Å². The zero-order valence-electron chi connectivity index (χ0n) is 20.7. The number of aromatic nitrogens is 6. The number of nitrogens with zero attached hydrogens (tertiary/aromatic N) is 6. The SMILES string of the molecule is COc1cccc([C@@H]2CC(=O)Nc3c2c(C)nn3-c2ccc3nncn3n2)c1OCc1ccc(C)cc1. The molecule has 37 heavy (non-hydrogen) atoms. The Hall–Kier alpha value is -4.73. The molecule has 0 spiro atoms. The maximum Gasteiger partial charge on any atom is 0.226 e. The monoisotopic (exact) mass is 495 g/mol. The predicted octanol–water partition coefficient (Wildman–Crippen LogP) is 3.99. The van der Waals surface area contributed by atoms with Gasteiger partial charge in [0.05, 0.1) is 12.8 Å². The highest BCUT2D eigenvalue weighted by molar-refractivity contribution is 5.95. The molecule has 2 aromatic carbocycles. The molecular weight excluding hydrogens is 470 g/mol. The van der Waals surface area contributed by atoms with E-state index < -0.39 is 0 Å². The van der Waals surface area contributed by atoms with Gasteiger partial charge in [0, 0.05) is 23.5 Å². The number of hydrogen-bond acceptors (Lipinski definition) is 7. The lowest BCUT2D eigenvalue weighted by molar-refractivity contribution is -0.116. The van der Waals surface area contributed by atoms with Crippen LogP contribution in [0.3, 0.4) is 0 Å². The number of fused-ring (bicyclic) bond motifs is 2. The van der Waals surface area contributed by atoms with Gasteiger partial charge in [0.25, 0.3) is 0 Å². The van der Waals surface area contributed by atoms with Crippen LogP contribution in [0.2, 0.25) is 0 Å². The van der Waals surface area contributed by atoms with Crippen molar-refractivity contribution in [2.45, 2.75) is 32.8 Å². The number of rotatable bonds is 6. The van der Waals surface area contributed by atoms with Crippen molar-refractivity contribution in [2.75, 3.05) is 12.4 Å². The Kier molecular flexibility index (Phi) is 5.56. The fourth-order valence-corrected chi connectivity index (χ4v) is 4.77. The second-order valence-corrected chi connectivity index (χ2v) is 9.04. The highest BCUT2D eigenvalue weighted by Crippen LogP contribution is 2.45. The van der Waals surface area contributed by atoms with Crippen LogP contribution in [-0.4, -0.2) is 42.6 Å². The molecule has 0 fully saturated rings. The third-order valence-electron chi connectivity index (χ3n) is 6.58. The van der Waals surface area contributed by atoms with Crippen molar-refractivity contribution in [3.05, 3.63) is 88.9 Å². The fraction of sp³-hybridized carbons (Fsp3) is 0.222. The van der Waals surface area contributed by atoms with Gasteiger partial charge in [-0.2, -0.15) is 14.3 Å². The number of carbonyl (C=O) groups is 1. The molecule has 3 aromatic heterocycles. The minimum absolute atomic E-state index is 0.115. The Balaban J connectivity index is 1.43. The summed E-state index contributed by atoms with van der Waals surface area (Å²) >= 11 is 0. The molecule has 0 unspecified atom stereocenters. The molecule has 4 heterocycles. The van der Waals surface area contributed by atoms with Crippen molar-refractivity contribution in [3.63, 3.8) is 0 Å². The number of aryl methyl sites for hydroxylation is 2. The van der Waals surface area contributed by atoms with Crippen LogP contribution in [0.5, 0.6) is 11.5 Å². The minimum atomic E-state index is -0.278. The number of carbonyl (C=O) groups excluding carboxylic acids is 1. The summed E-state index contributed by atoms with van der Waals surface area (Å²) in [6, 6.07) is 17.6. The molecule has 1 amide bonds. The molecule has 0 saturated heterocycles. The number of amides is 1. The minimum Gasteiger partial charge on any atom is -0.493 e. The van der Waals surface area contributed by atoms with Crippen LogP contribution in [0.4, 0.5) is 5.82 Å². The molecule has 10 nitrogen and oxygen atoms in total. The van der Waals surface area contributed by atoms with Crippen LogP contribution < -0.4 is 14.8 Å². The van der Waals surface area contributed by atoms with E-state index in [-0.39, 0.29) is 18.2 Å². The number of hydrogen-bond donors (Lipinski definition) is 1. The third kappa shape index (κ3) is 4.06. The summed E-state index contributed by atoms with van der Waals surface area (Å²) in [5, 5.41) is 20.2. The van der Waals surface area contributed by atoms with Gasteiger partial charge in [-0.25, -0.2) is 0 Å². The van der Waals surface area contributed by atoms with Gasteiger partial charge in [-0.1, -0.05) is 42.0 Å². The highest BCUT2D eigenvalue weighted by Gasteiger charge is 2.35. The van der Waals surface area contributed by atoms with Gasteiger partial charge in [0.2, 0.25) is 5.91 Å². The smallest absolute Gasteiger partial charge is 0.226 e. The fourth-order valence-electron chi connectivity index (χ4n) is 4.77. The quantitative estimate of drug-likeness (QED) is 0.379. The molecule has 1 aliphatic rings. The van der Waals surface area contributed by atoms with Gasteiger partial charge >= 0.3 is 0 Å². The Labute approximate surface area is 212 Å². The van der Waals surface area contributed by atoms with Crippen molar-refractivity contribution in [3.8, 4) is 17.3 Å². The Morgan fingerprint density at radius 1 is 1.05 bits per heavy atom. The number of methoxy groups -OCH3 is 1. The van der Waals surface area contributed by atoms with Gasteiger partial charge in [0.15, 0.2) is 23.0 Å². The molecule has 10 heteroatoms. The summed E-state index contributed by atoms with van der Waals surface area (Å²) in [6.07, 6.45) is 1.78. The van der Waals surface area contributed by atoms with E-state index in [1.165, 1.54) is 11.9 Å². The first-order valence-corrected chi connectivity index (χ1v) is 11.9. The zero-order valence-corrected chi connectivity index (χ0v) is 20.7. The summed E-state index contributed by atoms with van der Waals surface area (Å²) in [6.45, 7) is 4.36. The Morgan fingerprint density at radius 3 is 2.70 bits per heavy atom. The van der Waals surface area contributed by atoms with Gasteiger partial charge in [-0.3, -0.25) is 4.79 Å². The lowest BCUT2D eigenvalue weighted by Crippen LogP contribution is -2.25. The van der Waals surface area contributed by atoms with E-state index in [2.05, 4.69) is 39.7 Å². The molecule has 1 N–H and O–H groups in total. The number of benzene rings is 2. The molecule has 0 bridgehead atoms. The predicted molar refractivity (Wildman–Crippen MR) is 136 cm³/mol. The number of para-hydroxylation sites is 1. The molecule has 6 rings (SSSR count). The van der Waals surface area contributed by atoms with E-state index in [9.17, 15) is 4.79 Å². The maximum atomic E-state index is 13.0. The normalized spacial score (nSPS) is 14.9. The zero-order chi connectivity index (χ0) is 25.5. The van der Waals surface area contributed by atoms with Gasteiger partial charge in [-0.15, -0.1) is 15.3 Å². The molecule has 0 saturated carbocycles. The molecular formula is C27H25N7O3. The number of ether oxygens (including phenoxy) is 2. The lowest BCUT2D eigenvalue weighted by Gasteiger charge is -2.26. The van der Waals surface area contributed by atoms with Crippen LogP contribution in [0.15, 0.2) is 60.9 Å². The second-order valence-electron chi connectivity index (χ2n) is 9.04. The van der Waals surface area contributed by atoms with Crippen LogP contribution in [0.1, 0.15) is 40.3 Å². The van der Waals surface area contributed by atoms with E-state index >= 15 is 0 Å². The average molecular weight is 496 g/mol. The number of nitrogens with one attached hydrogen (secondary N) is 1. The van der Waals surface area contributed by atoms with E-state index in [1.807, 2.05) is 37.3 Å². The van der Waals surface area contributed by atoms with Crippen LogP contribution in [-0.2, 0) is 11.4 Å². The van der Waals surface area contributed by atoms with Crippen molar-refractivity contribution in [1.29, 1.82) is 0 Å². The van der Waals surface area contributed by atoms with E-state index in [1.54, 1.807) is 28.4 Å². The summed E-state index contributed by atoms with van der Waals surface area (Å²) in [4.78, 5) is 13.0. The first kappa shape index (κ1) is 22.7. The highest BCUT2D eigenvalue weighted by atomic mass is 16.5. The van der Waals surface area contributed by atoms with Crippen molar-refractivity contribution < 1.29 is 14.3 Å². The second kappa shape index (κ2) is 9.05. The van der Waals surface area contributed by atoms with Crippen LogP contribution in [0.25, 0.3) is 11.5 Å². The summed E-state index contributed by atoms with van der Waals surface area (Å²) in [5.41, 5.74) is 5.43. The Morgan fingerprint density at radius 2 is 1.89 bits per heavy atom. The van der Waals surface area contributed by atoms with Crippen molar-refractivity contribution >= 4 is 17.4 Å². The first-order valence-electron chi connectivity index (χ1n) is 11.9. The Bertz CT molecular complexity index is 1620. The molecule has 5 aromatic rings. The van der Waals surface area contributed by atoms with E-state index in [0.29, 0.717) is 35.4 Å². The first-order chi connectivity index (χ1) is 18.0. The molecule has 0 radical (unpaired) electrons. The summed E-state index contributed by atoms with van der Waals surface area (Å²) in [5.74, 6) is 1.97. The summed E-state index contributed by atoms with van der Waals surface area (Å²) < 4.78 is 15.2. The number of anilines is 1. The van der Waals surface area contributed by atoms with Gasteiger partial charge in [0.1, 0.15) is 18.8 Å². The van der Waals surface area contributed by atoms with Crippen molar-refractivity contribution in [2.24, 2.45) is 0 Å². The molecule has 1 aliphatic heterocycles. The van der Waals surface area contributed by atoms with Gasteiger partial charge < -0.3 is 14.8 Å². The van der Waals surface area contributed by atoms with Gasteiger partial charge in [-0.05, 0) is 37.6 Å². The standard InChI is InChI=1S/C27H25N7O3/c1-16-7-9-18(10-8-16)14-37-26-19(5-4-6-21(26)36-3)20-13-24(35)29-27-25(20)17(2)31-34(27)23-12-11-22-30-28-15-33(22)32-23/h4-12,15,20H,13-14H2,1-3H3,(H,29,35)/t20-/m0/s1. The van der Waals surface area contributed by atoms with Crippen LogP contribution >= 0.6 is 0 Å². The summed E-state index contributed by atoms with van der Waals surface area (Å²) in [7, 11) is 1.62. The molecule has 186 valence electrons. The largest absolute Gasteiger partial charge is 0.493 e. The molecule has 0 aliphatic carbocycles. The lowest BCUT2D eigenvalue weighted by atomic mass is 9.85. The average Bonchev–Trinajstić information content (AvgIpc) is 3.51. The van der Waals surface area contributed by atoms with E-state index in [4.69, 9.17) is 14.6 Å². The third-order valence-corrected chi connectivity index (χ3v) is 6.58.